The molecular formula is C54H122O6. The summed E-state index contributed by atoms with van der Waals surface area (Å²) in [7, 11) is 0. The van der Waals surface area contributed by atoms with E-state index >= 15 is 0 Å². The number of esters is 3. The second-order valence-electron chi connectivity index (χ2n) is 18.1. The highest BCUT2D eigenvalue weighted by molar-refractivity contribution is 5.66. The minimum absolute atomic E-state index is 0.211. The summed E-state index contributed by atoms with van der Waals surface area (Å²) >= 11 is 0. The predicted octanol–water partition coefficient (Wildman–Crippen LogP) is 18.8. The van der Waals surface area contributed by atoms with Crippen molar-refractivity contribution in [3.8, 4) is 0 Å². The van der Waals surface area contributed by atoms with E-state index in [-0.39, 0.29) is 17.9 Å². The fourth-order valence-corrected chi connectivity index (χ4v) is 4.65. The molecule has 60 heavy (non-hydrogen) atoms. The number of carbonyl (C=O) groups is 3. The van der Waals surface area contributed by atoms with Crippen LogP contribution in [0.4, 0.5) is 0 Å². The van der Waals surface area contributed by atoms with Crippen LogP contribution in [0.25, 0.3) is 0 Å². The van der Waals surface area contributed by atoms with E-state index in [2.05, 4.69) is 160 Å². The van der Waals surface area contributed by atoms with Gasteiger partial charge in [0.25, 0.3) is 0 Å². The summed E-state index contributed by atoms with van der Waals surface area (Å²) in [5.41, 5.74) is 0. The molecule has 0 aliphatic carbocycles. The van der Waals surface area contributed by atoms with Crippen LogP contribution in [0, 0.1) is 41.4 Å². The summed E-state index contributed by atoms with van der Waals surface area (Å²) in [6.45, 7) is 58.1. The van der Waals surface area contributed by atoms with Gasteiger partial charge in [0, 0.05) is 20.8 Å². The molecule has 0 bridgehead atoms. The molecule has 0 aliphatic rings. The van der Waals surface area contributed by atoms with Gasteiger partial charge in [-0.15, -0.1) is 0 Å². The van der Waals surface area contributed by atoms with Crippen molar-refractivity contribution in [2.45, 2.75) is 277 Å². The molecule has 0 fully saturated rings. The lowest BCUT2D eigenvalue weighted by Crippen LogP contribution is -1.95. The van der Waals surface area contributed by atoms with Gasteiger partial charge in [0.2, 0.25) is 0 Å². The van der Waals surface area contributed by atoms with E-state index in [0.29, 0.717) is 19.8 Å². The van der Waals surface area contributed by atoms with Crippen LogP contribution < -0.4 is 0 Å². The van der Waals surface area contributed by atoms with Crippen LogP contribution in [0.1, 0.15) is 277 Å². The van der Waals surface area contributed by atoms with Crippen LogP contribution in [-0.2, 0) is 28.6 Å². The first-order chi connectivity index (χ1) is 27.7. The van der Waals surface area contributed by atoms with Gasteiger partial charge in [0.15, 0.2) is 0 Å². The van der Waals surface area contributed by atoms with Crippen molar-refractivity contribution < 1.29 is 28.6 Å². The molecule has 0 aliphatic heterocycles. The average molecular weight is 868 g/mol. The highest BCUT2D eigenvalue weighted by Crippen LogP contribution is 2.03. The normalized spacial score (nSPS) is 9.30. The zero-order valence-electron chi connectivity index (χ0n) is 47.0. The molecular weight excluding hydrogens is 745 g/mol. The van der Waals surface area contributed by atoms with Crippen LogP contribution >= 0.6 is 0 Å². The molecule has 0 unspecified atom stereocenters. The minimum Gasteiger partial charge on any atom is -0.466 e. The van der Waals surface area contributed by atoms with Gasteiger partial charge in [-0.25, -0.2) is 0 Å². The fourth-order valence-electron chi connectivity index (χ4n) is 4.65. The Morgan fingerprint density at radius 3 is 0.367 bits per heavy atom. The maximum absolute atomic E-state index is 9.82. The van der Waals surface area contributed by atoms with E-state index in [1.807, 2.05) is 0 Å². The van der Waals surface area contributed by atoms with Gasteiger partial charge in [-0.2, -0.15) is 0 Å². The summed E-state index contributed by atoms with van der Waals surface area (Å²) in [6, 6.07) is 0. The van der Waals surface area contributed by atoms with Crippen molar-refractivity contribution in [1.29, 1.82) is 0 Å². The first-order valence-electron chi connectivity index (χ1n) is 25.1. The van der Waals surface area contributed by atoms with Crippen molar-refractivity contribution >= 4 is 17.9 Å². The lowest BCUT2D eigenvalue weighted by Gasteiger charge is -1.95. The minimum atomic E-state index is -0.211. The number of ether oxygens (including phenoxy) is 3. The first kappa shape index (κ1) is 82.1. The molecule has 0 heterocycles. The Bertz CT molecular complexity index is 560. The molecule has 0 aromatic carbocycles. The third kappa shape index (κ3) is 215. The number of rotatable bonds is 17. The van der Waals surface area contributed by atoms with E-state index in [9.17, 15) is 14.4 Å². The Morgan fingerprint density at radius 1 is 0.267 bits per heavy atom. The van der Waals surface area contributed by atoms with Gasteiger partial charge in [-0.3, -0.25) is 14.4 Å². The topological polar surface area (TPSA) is 78.9 Å². The van der Waals surface area contributed by atoms with Gasteiger partial charge in [-0.1, -0.05) is 235 Å². The highest BCUT2D eigenvalue weighted by atomic mass is 16.5. The number of hydrogen-bond acceptors (Lipinski definition) is 6. The van der Waals surface area contributed by atoms with E-state index in [4.69, 9.17) is 0 Å². The molecule has 0 radical (unpaired) electrons. The van der Waals surface area contributed by atoms with Gasteiger partial charge in [0.05, 0.1) is 19.8 Å². The Kier molecular flexibility index (Phi) is 107. The van der Waals surface area contributed by atoms with E-state index in [0.717, 1.165) is 41.4 Å². The van der Waals surface area contributed by atoms with Gasteiger partial charge >= 0.3 is 17.9 Å². The zero-order chi connectivity index (χ0) is 49.9. The van der Waals surface area contributed by atoms with E-state index in [1.54, 1.807) is 20.8 Å². The monoisotopic (exact) mass is 867 g/mol. The molecule has 0 rings (SSSR count). The molecule has 0 aromatic rings. The Balaban J connectivity index is -0.0000000579. The van der Waals surface area contributed by atoms with Gasteiger partial charge in [-0.05, 0) is 62.2 Å². The molecule has 0 spiro atoms. The maximum atomic E-state index is 9.82. The third-order valence-corrected chi connectivity index (χ3v) is 7.10. The standard InChI is InChI=1S/7C6H14.3C4H8O2/c7*1-4-5-6(2)3;3*1-3-6-4(2)5/h7*6H,4-5H2,1-3H3;3*3H2,1-2H3. The predicted molar refractivity (Wildman–Crippen MR) is 275 cm³/mol. The zero-order valence-corrected chi connectivity index (χ0v) is 47.0. The largest absolute Gasteiger partial charge is 0.466 e. The third-order valence-electron chi connectivity index (χ3n) is 7.10. The second kappa shape index (κ2) is 78.0. The maximum Gasteiger partial charge on any atom is 0.302 e. The molecule has 0 saturated heterocycles. The summed E-state index contributed by atoms with van der Waals surface area (Å²) in [6.07, 6.45) is 18.9. The van der Waals surface area contributed by atoms with Crippen LogP contribution in [0.5, 0.6) is 0 Å². The molecule has 0 amide bonds. The van der Waals surface area contributed by atoms with E-state index in [1.165, 1.54) is 111 Å². The van der Waals surface area contributed by atoms with Crippen LogP contribution in [0.3, 0.4) is 0 Å². The lowest BCUT2D eigenvalue weighted by atomic mass is 10.1. The lowest BCUT2D eigenvalue weighted by molar-refractivity contribution is -0.141. The Hall–Kier alpha value is -1.59. The van der Waals surface area contributed by atoms with Crippen molar-refractivity contribution in [1.82, 2.24) is 0 Å². The Labute approximate surface area is 383 Å². The Morgan fingerprint density at radius 2 is 0.367 bits per heavy atom. The van der Waals surface area contributed by atoms with Gasteiger partial charge < -0.3 is 14.2 Å². The number of carbonyl (C=O) groups excluding carboxylic acids is 3. The summed E-state index contributed by atoms with van der Waals surface area (Å²) in [5, 5.41) is 0. The summed E-state index contributed by atoms with van der Waals surface area (Å²) in [4.78, 5) is 29.5. The van der Waals surface area contributed by atoms with Crippen molar-refractivity contribution in [3.63, 3.8) is 0 Å². The summed E-state index contributed by atoms with van der Waals surface area (Å²) < 4.78 is 13.2. The van der Waals surface area contributed by atoms with Crippen molar-refractivity contribution in [2.24, 2.45) is 41.4 Å². The molecule has 6 heteroatoms. The fraction of sp³-hybridized carbons (Fsp3) is 0.944. The molecule has 6 nitrogen and oxygen atoms in total. The highest BCUT2D eigenvalue weighted by Gasteiger charge is 1.89. The second-order valence-corrected chi connectivity index (χ2v) is 18.1. The molecule has 0 saturated carbocycles. The summed E-state index contributed by atoms with van der Waals surface area (Å²) in [5.74, 6) is 5.66. The average Bonchev–Trinajstić information content (AvgIpc) is 3.07. The van der Waals surface area contributed by atoms with Crippen molar-refractivity contribution in [2.75, 3.05) is 19.8 Å². The van der Waals surface area contributed by atoms with Crippen LogP contribution in [0.15, 0.2) is 0 Å². The van der Waals surface area contributed by atoms with Crippen LogP contribution in [-0.4, -0.2) is 37.7 Å². The molecule has 374 valence electrons. The van der Waals surface area contributed by atoms with Gasteiger partial charge in [0.1, 0.15) is 0 Å². The molecule has 0 N–H and O–H groups in total. The van der Waals surface area contributed by atoms with E-state index < -0.39 is 0 Å². The van der Waals surface area contributed by atoms with Crippen LogP contribution in [0.2, 0.25) is 0 Å². The molecule has 0 atom stereocenters. The first-order valence-corrected chi connectivity index (χ1v) is 25.1. The van der Waals surface area contributed by atoms with Crippen molar-refractivity contribution in [3.05, 3.63) is 0 Å². The molecule has 0 aromatic heterocycles. The quantitative estimate of drug-likeness (QED) is 0.107. The smallest absolute Gasteiger partial charge is 0.302 e. The SMILES string of the molecule is CCCC(C)C.CCCC(C)C.CCCC(C)C.CCCC(C)C.CCCC(C)C.CCCC(C)C.CCCC(C)C.CCOC(C)=O.CCOC(C)=O.CCOC(C)=O. The number of hydrogen-bond donors (Lipinski definition) is 0.